The van der Waals surface area contributed by atoms with Crippen LogP contribution < -0.4 is 10.1 Å². The van der Waals surface area contributed by atoms with Gasteiger partial charge in [0.15, 0.2) is 0 Å². The third-order valence-corrected chi connectivity index (χ3v) is 6.85. The number of nitro benzene ring substituents is 1. The lowest BCUT2D eigenvalue weighted by atomic mass is 9.80. The highest BCUT2D eigenvalue weighted by Gasteiger charge is 2.38. The van der Waals surface area contributed by atoms with Crippen LogP contribution in [0.4, 0.5) is 5.69 Å². The van der Waals surface area contributed by atoms with E-state index in [0.29, 0.717) is 41.8 Å². The van der Waals surface area contributed by atoms with Crippen LogP contribution >= 0.6 is 0 Å². The van der Waals surface area contributed by atoms with Crippen molar-refractivity contribution in [3.05, 3.63) is 74.2 Å². The van der Waals surface area contributed by atoms with E-state index in [-0.39, 0.29) is 36.7 Å². The summed E-state index contributed by atoms with van der Waals surface area (Å²) in [6.45, 7) is 8.51. The summed E-state index contributed by atoms with van der Waals surface area (Å²) in [5.74, 6) is -1.23. The summed E-state index contributed by atoms with van der Waals surface area (Å²) in [4.78, 5) is 37.6. The van der Waals surface area contributed by atoms with E-state index >= 15 is 0 Å². The lowest BCUT2D eigenvalue weighted by Crippen LogP contribution is -2.33. The highest BCUT2D eigenvalue weighted by molar-refractivity contribution is 6.00. The molecule has 0 fully saturated rings. The molecular formula is C30H40N4O8. The van der Waals surface area contributed by atoms with Crippen LogP contribution in [0, 0.1) is 10.1 Å². The van der Waals surface area contributed by atoms with Gasteiger partial charge in [-0.2, -0.15) is 0 Å². The lowest BCUT2D eigenvalue weighted by molar-refractivity contribution is -0.384. The first kappa shape index (κ1) is 32.3. The number of H-pyrrole nitrogens is 1. The van der Waals surface area contributed by atoms with E-state index in [0.717, 1.165) is 25.0 Å². The van der Waals surface area contributed by atoms with Gasteiger partial charge in [-0.1, -0.05) is 26.0 Å². The number of hydrogen-bond donors (Lipinski definition) is 2. The van der Waals surface area contributed by atoms with Crippen LogP contribution in [0.1, 0.15) is 76.5 Å². The van der Waals surface area contributed by atoms with Gasteiger partial charge in [0, 0.05) is 42.4 Å². The van der Waals surface area contributed by atoms with Gasteiger partial charge in [-0.15, -0.1) is 5.10 Å². The lowest BCUT2D eigenvalue weighted by Gasteiger charge is -2.30. The Kier molecular flexibility index (Phi) is 12.1. The number of aromatic nitrogens is 2. The van der Waals surface area contributed by atoms with Crippen LogP contribution in [0.25, 0.3) is 0 Å². The molecule has 0 radical (unpaired) electrons. The fourth-order valence-corrected chi connectivity index (χ4v) is 4.65. The van der Waals surface area contributed by atoms with Gasteiger partial charge in [-0.3, -0.25) is 15.2 Å². The Labute approximate surface area is 245 Å². The van der Waals surface area contributed by atoms with Crippen LogP contribution in [0.5, 0.6) is 5.88 Å². The van der Waals surface area contributed by atoms with Crippen LogP contribution in [-0.2, 0) is 23.8 Å². The minimum Gasteiger partial charge on any atom is -0.477 e. The molecule has 0 saturated heterocycles. The SMILES string of the molecule is COCCOC(=O)C1=C(C)NC(C)=C(C(=O)OCCCCCCOc2cc(C(C)C)[nH]n2)C1c1cccc([N+](=O)[O-])c1. The molecule has 1 atom stereocenters. The maximum Gasteiger partial charge on any atom is 0.336 e. The number of ether oxygens (including phenoxy) is 4. The van der Waals surface area contributed by atoms with Gasteiger partial charge in [-0.25, -0.2) is 9.59 Å². The first-order valence-corrected chi connectivity index (χ1v) is 14.1. The number of methoxy groups -OCH3 is 1. The van der Waals surface area contributed by atoms with Gasteiger partial charge in [0.1, 0.15) is 6.61 Å². The molecule has 0 saturated carbocycles. The Hall–Kier alpha value is -4.19. The fourth-order valence-electron chi connectivity index (χ4n) is 4.65. The number of aromatic amines is 1. The van der Waals surface area contributed by atoms with Crippen LogP contribution in [0.3, 0.4) is 0 Å². The number of esters is 2. The van der Waals surface area contributed by atoms with Gasteiger partial charge < -0.3 is 24.3 Å². The molecule has 3 rings (SSSR count). The number of unbranched alkanes of at least 4 members (excludes halogenated alkanes) is 3. The monoisotopic (exact) mass is 584 g/mol. The molecule has 1 aromatic heterocycles. The van der Waals surface area contributed by atoms with Crippen molar-refractivity contribution in [2.24, 2.45) is 0 Å². The third-order valence-electron chi connectivity index (χ3n) is 6.85. The van der Waals surface area contributed by atoms with E-state index in [1.807, 2.05) is 6.07 Å². The summed E-state index contributed by atoms with van der Waals surface area (Å²) >= 11 is 0. The normalized spacial score (nSPS) is 15.0. The van der Waals surface area contributed by atoms with Crippen molar-refractivity contribution in [2.75, 3.05) is 33.5 Å². The summed E-state index contributed by atoms with van der Waals surface area (Å²) in [5.41, 5.74) is 2.65. The number of hydrogen-bond acceptors (Lipinski definition) is 10. The Balaban J connectivity index is 1.63. The molecule has 2 N–H and O–H groups in total. The van der Waals surface area contributed by atoms with Gasteiger partial charge in [0.05, 0.1) is 41.8 Å². The maximum absolute atomic E-state index is 13.4. The molecule has 228 valence electrons. The number of carbonyl (C=O) groups is 2. The van der Waals surface area contributed by atoms with Crippen LogP contribution in [0.2, 0.25) is 0 Å². The standard InChI is InChI=1S/C30H40N4O8/c1-19(2)24-18-25(33-32-24)40-13-8-6-7-9-14-41-29(35)26-20(3)31-21(4)27(30(36)42-16-15-39-5)28(26)22-11-10-12-23(17-22)34(37)38/h10-12,17-19,28,31H,6-9,13-16H2,1-5H3,(H,32,33). The number of allylic oxidation sites excluding steroid dienone is 2. The van der Waals surface area contributed by atoms with Crippen molar-refractivity contribution in [3.8, 4) is 5.88 Å². The summed E-state index contributed by atoms with van der Waals surface area (Å²) in [7, 11) is 1.49. The largest absolute Gasteiger partial charge is 0.477 e. The van der Waals surface area contributed by atoms with E-state index < -0.39 is 22.8 Å². The van der Waals surface area contributed by atoms with Gasteiger partial charge in [0.2, 0.25) is 5.88 Å². The first-order chi connectivity index (χ1) is 20.1. The number of rotatable bonds is 16. The van der Waals surface area contributed by atoms with E-state index in [4.69, 9.17) is 18.9 Å². The molecule has 42 heavy (non-hydrogen) atoms. The van der Waals surface area contributed by atoms with Crippen molar-refractivity contribution in [2.45, 2.75) is 65.2 Å². The van der Waals surface area contributed by atoms with Crippen molar-refractivity contribution < 1.29 is 33.5 Å². The molecule has 1 aromatic carbocycles. The maximum atomic E-state index is 13.4. The third kappa shape index (κ3) is 8.65. The highest BCUT2D eigenvalue weighted by atomic mass is 16.6. The molecule has 2 heterocycles. The molecular weight excluding hydrogens is 544 g/mol. The number of nitrogens with zero attached hydrogens (tertiary/aromatic N) is 2. The molecule has 0 aliphatic carbocycles. The topological polar surface area (TPSA) is 155 Å². The summed E-state index contributed by atoms with van der Waals surface area (Å²) in [6.07, 6.45) is 3.19. The van der Waals surface area contributed by atoms with E-state index in [2.05, 4.69) is 29.4 Å². The number of nitro groups is 1. The zero-order valence-corrected chi connectivity index (χ0v) is 24.9. The molecule has 0 amide bonds. The average Bonchev–Trinajstić information content (AvgIpc) is 3.43. The molecule has 1 aliphatic heterocycles. The smallest absolute Gasteiger partial charge is 0.336 e. The summed E-state index contributed by atoms with van der Waals surface area (Å²) in [6, 6.07) is 7.79. The second-order valence-electron chi connectivity index (χ2n) is 10.3. The average molecular weight is 585 g/mol. The number of nitrogens with one attached hydrogen (secondary N) is 2. The Morgan fingerprint density at radius 3 is 2.19 bits per heavy atom. The van der Waals surface area contributed by atoms with E-state index in [1.54, 1.807) is 19.9 Å². The summed E-state index contributed by atoms with van der Waals surface area (Å²) < 4.78 is 21.7. The van der Waals surface area contributed by atoms with E-state index in [9.17, 15) is 19.7 Å². The predicted molar refractivity (Wildman–Crippen MR) is 155 cm³/mol. The zero-order valence-electron chi connectivity index (χ0n) is 24.9. The van der Waals surface area contributed by atoms with Crippen LogP contribution in [0.15, 0.2) is 52.9 Å². The fraction of sp³-hybridized carbons (Fsp3) is 0.500. The molecule has 1 unspecified atom stereocenters. The van der Waals surface area contributed by atoms with E-state index in [1.165, 1.54) is 25.3 Å². The van der Waals surface area contributed by atoms with Gasteiger partial charge in [0.25, 0.3) is 5.69 Å². The first-order valence-electron chi connectivity index (χ1n) is 14.1. The number of non-ortho nitro benzene ring substituents is 1. The molecule has 0 bridgehead atoms. The molecule has 12 nitrogen and oxygen atoms in total. The second kappa shape index (κ2) is 15.7. The Morgan fingerprint density at radius 1 is 0.952 bits per heavy atom. The summed E-state index contributed by atoms with van der Waals surface area (Å²) in [5, 5.41) is 21.7. The molecule has 2 aromatic rings. The number of benzene rings is 1. The predicted octanol–water partition coefficient (Wildman–Crippen LogP) is 5.05. The molecule has 12 heteroatoms. The minimum atomic E-state index is -0.913. The quantitative estimate of drug-likeness (QED) is 0.119. The van der Waals surface area contributed by atoms with Crippen LogP contribution in [-0.4, -0.2) is 60.6 Å². The van der Waals surface area contributed by atoms with Crippen molar-refractivity contribution in [1.29, 1.82) is 0 Å². The van der Waals surface area contributed by atoms with Crippen molar-refractivity contribution in [3.63, 3.8) is 0 Å². The Bertz CT molecular complexity index is 1310. The molecule has 0 spiro atoms. The van der Waals surface area contributed by atoms with Gasteiger partial charge in [-0.05, 0) is 51.0 Å². The molecule has 1 aliphatic rings. The minimum absolute atomic E-state index is 0.0158. The van der Waals surface area contributed by atoms with Crippen molar-refractivity contribution >= 4 is 17.6 Å². The highest BCUT2D eigenvalue weighted by Crippen LogP contribution is 2.40. The zero-order chi connectivity index (χ0) is 30.6. The number of carbonyl (C=O) groups excluding carboxylic acids is 2. The van der Waals surface area contributed by atoms with Crippen molar-refractivity contribution in [1.82, 2.24) is 15.5 Å². The number of dihydropyridines is 1. The second-order valence-corrected chi connectivity index (χ2v) is 10.3. The Morgan fingerprint density at radius 2 is 1.60 bits per heavy atom. The van der Waals surface area contributed by atoms with Gasteiger partial charge >= 0.3 is 11.9 Å².